The van der Waals surface area contributed by atoms with Gasteiger partial charge in [-0.2, -0.15) is 0 Å². The van der Waals surface area contributed by atoms with E-state index in [0.29, 0.717) is 34.0 Å². The smallest absolute Gasteiger partial charge is 0.278 e. The lowest BCUT2D eigenvalue weighted by Crippen LogP contribution is -2.32. The minimum Gasteiger partial charge on any atom is -0.497 e. The van der Waals surface area contributed by atoms with Crippen molar-refractivity contribution in [2.45, 2.75) is 6.54 Å². The fraction of sp³-hybridized carbons (Fsp3) is 0.125. The van der Waals surface area contributed by atoms with Crippen LogP contribution in [0.25, 0.3) is 5.57 Å². The summed E-state index contributed by atoms with van der Waals surface area (Å²) in [5.41, 5.74) is 2.32. The average molecular weight is 415 g/mol. The molecule has 2 heterocycles. The van der Waals surface area contributed by atoms with Gasteiger partial charge in [-0.25, -0.2) is 0 Å². The van der Waals surface area contributed by atoms with Gasteiger partial charge in [-0.05, 0) is 29.8 Å². The lowest BCUT2D eigenvalue weighted by atomic mass is 10.0. The fourth-order valence-corrected chi connectivity index (χ4v) is 3.40. The summed E-state index contributed by atoms with van der Waals surface area (Å²) in [5, 5.41) is 3.12. The molecule has 0 spiro atoms. The third-order valence-corrected chi connectivity index (χ3v) is 4.95. The number of nitrogens with one attached hydrogen (secondary N) is 1. The highest BCUT2D eigenvalue weighted by molar-refractivity contribution is 6.36. The number of anilines is 1. The second kappa shape index (κ2) is 8.71. The van der Waals surface area contributed by atoms with Gasteiger partial charge in [0.2, 0.25) is 0 Å². The quantitative estimate of drug-likeness (QED) is 0.595. The first-order valence-electron chi connectivity index (χ1n) is 9.67. The highest BCUT2D eigenvalue weighted by Gasteiger charge is 2.39. The Labute approximate surface area is 179 Å². The van der Waals surface area contributed by atoms with Crippen molar-refractivity contribution in [2.24, 2.45) is 0 Å². The Morgan fingerprint density at radius 2 is 1.68 bits per heavy atom. The maximum Gasteiger partial charge on any atom is 0.278 e. The first-order valence-corrected chi connectivity index (χ1v) is 9.67. The number of amides is 2. The van der Waals surface area contributed by atoms with Crippen molar-refractivity contribution in [3.05, 3.63) is 89.9 Å². The van der Waals surface area contributed by atoms with Gasteiger partial charge in [0.25, 0.3) is 11.8 Å². The van der Waals surface area contributed by atoms with Crippen molar-refractivity contribution in [2.75, 3.05) is 19.5 Å². The van der Waals surface area contributed by atoms with Crippen LogP contribution in [0.15, 0.2) is 78.6 Å². The third kappa shape index (κ3) is 3.98. The number of hydrogen-bond acceptors (Lipinski definition) is 6. The van der Waals surface area contributed by atoms with Crippen LogP contribution in [0.1, 0.15) is 11.3 Å². The van der Waals surface area contributed by atoms with E-state index in [0.717, 1.165) is 0 Å². The van der Waals surface area contributed by atoms with E-state index in [9.17, 15) is 9.59 Å². The van der Waals surface area contributed by atoms with Crippen molar-refractivity contribution in [3.8, 4) is 11.5 Å². The number of benzene rings is 2. The van der Waals surface area contributed by atoms with Crippen LogP contribution in [0.2, 0.25) is 0 Å². The molecule has 7 nitrogen and oxygen atoms in total. The van der Waals surface area contributed by atoms with E-state index < -0.39 is 5.91 Å². The van der Waals surface area contributed by atoms with Gasteiger partial charge in [0, 0.05) is 12.3 Å². The molecule has 0 radical (unpaired) electrons. The normalized spacial score (nSPS) is 13.5. The number of carbonyl (C=O) groups is 2. The van der Waals surface area contributed by atoms with Gasteiger partial charge in [0.05, 0.1) is 37.7 Å². The molecule has 0 saturated heterocycles. The number of nitrogens with zero attached hydrogens (tertiary/aromatic N) is 2. The molecule has 31 heavy (non-hydrogen) atoms. The highest BCUT2D eigenvalue weighted by Crippen LogP contribution is 2.35. The predicted molar refractivity (Wildman–Crippen MR) is 116 cm³/mol. The van der Waals surface area contributed by atoms with Gasteiger partial charge in [-0.3, -0.25) is 19.5 Å². The van der Waals surface area contributed by atoms with Crippen LogP contribution in [0.4, 0.5) is 5.69 Å². The maximum absolute atomic E-state index is 13.3. The molecule has 156 valence electrons. The van der Waals surface area contributed by atoms with Crippen LogP contribution in [0.3, 0.4) is 0 Å². The molecule has 2 aromatic carbocycles. The summed E-state index contributed by atoms with van der Waals surface area (Å²) in [6.45, 7) is 0.0831. The Morgan fingerprint density at radius 3 is 2.35 bits per heavy atom. The minimum absolute atomic E-state index is 0.0831. The Balaban J connectivity index is 1.75. The number of pyridine rings is 1. The third-order valence-electron chi connectivity index (χ3n) is 4.95. The molecule has 0 atom stereocenters. The Bertz CT molecular complexity index is 1140. The van der Waals surface area contributed by atoms with E-state index in [1.165, 1.54) is 12.0 Å². The SMILES string of the molecule is COc1ccc(NC2=C(c3ccccc3)C(=O)N(Cc3ccccn3)C2=O)c(OC)c1. The molecule has 7 heteroatoms. The van der Waals surface area contributed by atoms with Crippen molar-refractivity contribution < 1.29 is 19.1 Å². The van der Waals surface area contributed by atoms with E-state index in [1.54, 1.807) is 55.8 Å². The molecule has 1 N–H and O–H groups in total. The summed E-state index contributed by atoms with van der Waals surface area (Å²) >= 11 is 0. The lowest BCUT2D eigenvalue weighted by Gasteiger charge is -2.15. The van der Waals surface area contributed by atoms with Crippen molar-refractivity contribution >= 4 is 23.1 Å². The van der Waals surface area contributed by atoms with Crippen LogP contribution in [-0.4, -0.2) is 35.9 Å². The van der Waals surface area contributed by atoms with Crippen LogP contribution >= 0.6 is 0 Å². The second-order valence-corrected chi connectivity index (χ2v) is 6.82. The highest BCUT2D eigenvalue weighted by atomic mass is 16.5. The lowest BCUT2D eigenvalue weighted by molar-refractivity contribution is -0.137. The molecule has 4 rings (SSSR count). The molecule has 0 fully saturated rings. The summed E-state index contributed by atoms with van der Waals surface area (Å²) in [6.07, 6.45) is 1.63. The summed E-state index contributed by atoms with van der Waals surface area (Å²) in [7, 11) is 3.09. The Morgan fingerprint density at radius 1 is 0.903 bits per heavy atom. The Hall–Kier alpha value is -4.13. The molecule has 3 aromatic rings. The molecule has 0 saturated carbocycles. The minimum atomic E-state index is -0.424. The van der Waals surface area contributed by atoms with Crippen molar-refractivity contribution in [1.29, 1.82) is 0 Å². The zero-order chi connectivity index (χ0) is 21.8. The van der Waals surface area contributed by atoms with Crippen molar-refractivity contribution in [1.82, 2.24) is 9.88 Å². The van der Waals surface area contributed by atoms with E-state index in [2.05, 4.69) is 10.3 Å². The largest absolute Gasteiger partial charge is 0.497 e. The van der Waals surface area contributed by atoms with Gasteiger partial charge in [-0.1, -0.05) is 36.4 Å². The summed E-state index contributed by atoms with van der Waals surface area (Å²) in [6, 6.07) is 19.7. The van der Waals surface area contributed by atoms with Crippen LogP contribution in [-0.2, 0) is 16.1 Å². The second-order valence-electron chi connectivity index (χ2n) is 6.82. The Kier molecular flexibility index (Phi) is 5.66. The van der Waals surface area contributed by atoms with E-state index in [-0.39, 0.29) is 18.1 Å². The fourth-order valence-electron chi connectivity index (χ4n) is 3.40. The first-order chi connectivity index (χ1) is 15.1. The monoisotopic (exact) mass is 415 g/mol. The average Bonchev–Trinajstić information content (AvgIpc) is 3.04. The topological polar surface area (TPSA) is 80.8 Å². The van der Waals surface area contributed by atoms with Gasteiger partial charge in [0.1, 0.15) is 17.2 Å². The number of hydrogen-bond donors (Lipinski definition) is 1. The van der Waals surface area contributed by atoms with Crippen molar-refractivity contribution in [3.63, 3.8) is 0 Å². The van der Waals surface area contributed by atoms with Crippen LogP contribution < -0.4 is 14.8 Å². The predicted octanol–water partition coefficient (Wildman–Crippen LogP) is 3.49. The molecular formula is C24H21N3O4. The zero-order valence-electron chi connectivity index (χ0n) is 17.2. The molecule has 1 aliphatic heterocycles. The van der Waals surface area contributed by atoms with E-state index in [4.69, 9.17) is 9.47 Å². The van der Waals surface area contributed by atoms with Gasteiger partial charge in [-0.15, -0.1) is 0 Å². The number of ether oxygens (including phenoxy) is 2. The number of rotatable bonds is 7. The number of imide groups is 1. The molecular weight excluding hydrogens is 394 g/mol. The van der Waals surface area contributed by atoms with Gasteiger partial charge in [0.15, 0.2) is 0 Å². The van der Waals surface area contributed by atoms with E-state index >= 15 is 0 Å². The summed E-state index contributed by atoms with van der Waals surface area (Å²) < 4.78 is 10.7. The van der Waals surface area contributed by atoms with Crippen LogP contribution in [0.5, 0.6) is 11.5 Å². The molecule has 1 aliphatic rings. The standard InChI is InChI=1S/C24H21N3O4/c1-30-18-11-12-19(20(14-18)31-2)26-22-21(16-8-4-3-5-9-16)23(28)27(24(22)29)15-17-10-6-7-13-25-17/h3-14,26H,15H2,1-2H3. The first kappa shape index (κ1) is 20.2. The van der Waals surface area contributed by atoms with E-state index in [1.807, 2.05) is 24.3 Å². The molecule has 0 bridgehead atoms. The van der Waals surface area contributed by atoms with Gasteiger partial charge >= 0.3 is 0 Å². The van der Waals surface area contributed by atoms with Crippen LogP contribution in [0, 0.1) is 0 Å². The molecule has 0 unspecified atom stereocenters. The number of methoxy groups -OCH3 is 2. The zero-order valence-corrected chi connectivity index (χ0v) is 17.2. The maximum atomic E-state index is 13.3. The number of aromatic nitrogens is 1. The van der Waals surface area contributed by atoms with Gasteiger partial charge < -0.3 is 14.8 Å². The summed E-state index contributed by atoms with van der Waals surface area (Å²) in [4.78, 5) is 32.1. The molecule has 2 amide bonds. The molecule has 0 aliphatic carbocycles. The number of carbonyl (C=O) groups excluding carboxylic acids is 2. The molecule has 1 aromatic heterocycles. The summed E-state index contributed by atoms with van der Waals surface area (Å²) in [5.74, 6) is 0.303.